The van der Waals surface area contributed by atoms with Gasteiger partial charge in [0.05, 0.1) is 28.0 Å². The van der Waals surface area contributed by atoms with Gasteiger partial charge in [0.25, 0.3) is 0 Å². The summed E-state index contributed by atoms with van der Waals surface area (Å²) in [6, 6.07) is 10.4. The van der Waals surface area contributed by atoms with E-state index >= 15 is 4.39 Å². The van der Waals surface area contributed by atoms with Crippen LogP contribution in [-0.4, -0.2) is 56.0 Å². The minimum atomic E-state index is -0.569. The van der Waals surface area contributed by atoms with Crippen LogP contribution in [-0.2, 0) is 4.79 Å². The molecule has 1 aromatic carbocycles. The monoisotopic (exact) mass is 565 g/mol. The number of fused-ring (bicyclic) bond motifs is 1. The Labute approximate surface area is 243 Å². The summed E-state index contributed by atoms with van der Waals surface area (Å²) < 4.78 is 16.8. The summed E-state index contributed by atoms with van der Waals surface area (Å²) in [5.41, 5.74) is 2.59. The van der Waals surface area contributed by atoms with Crippen LogP contribution in [0.4, 0.5) is 10.2 Å². The maximum absolute atomic E-state index is 15.4. The Morgan fingerprint density at radius 2 is 1.95 bits per heavy atom. The van der Waals surface area contributed by atoms with Crippen molar-refractivity contribution in [2.24, 2.45) is 0 Å². The van der Waals surface area contributed by atoms with Crippen molar-refractivity contribution in [2.75, 3.05) is 24.5 Å². The Morgan fingerprint density at radius 3 is 2.62 bits per heavy atom. The molecular weight excluding hydrogens is 533 g/mol. The highest BCUT2D eigenvalue weighted by atomic mass is 19.1. The Morgan fingerprint density at radius 1 is 1.19 bits per heavy atom. The van der Waals surface area contributed by atoms with Gasteiger partial charge in [0.2, 0.25) is 5.91 Å². The van der Waals surface area contributed by atoms with E-state index in [0.717, 1.165) is 5.56 Å². The largest absolute Gasteiger partial charge is 0.355 e. The van der Waals surface area contributed by atoms with Crippen LogP contribution < -0.4 is 10.6 Å². The first kappa shape index (κ1) is 28.6. The number of benzene rings is 1. The average Bonchev–Trinajstić information content (AvgIpc) is 2.97. The Kier molecular flexibility index (Phi) is 7.61. The lowest BCUT2D eigenvalue weighted by molar-refractivity contribution is -0.126. The highest BCUT2D eigenvalue weighted by Gasteiger charge is 2.30. The highest BCUT2D eigenvalue weighted by Crippen LogP contribution is 2.34. The van der Waals surface area contributed by atoms with Crippen LogP contribution in [0.3, 0.4) is 0 Å². The third-order valence-electron chi connectivity index (χ3n) is 7.73. The van der Waals surface area contributed by atoms with Crippen molar-refractivity contribution < 1.29 is 9.18 Å². The zero-order valence-corrected chi connectivity index (χ0v) is 24.3. The number of halogens is 1. The molecule has 0 aliphatic carbocycles. The lowest BCUT2D eigenvalue weighted by Crippen LogP contribution is -2.54. The molecule has 4 aromatic rings. The molecule has 0 radical (unpaired) electrons. The van der Waals surface area contributed by atoms with E-state index in [-0.39, 0.29) is 40.3 Å². The fourth-order valence-electron chi connectivity index (χ4n) is 5.56. The zero-order chi connectivity index (χ0) is 30.3. The van der Waals surface area contributed by atoms with E-state index in [9.17, 15) is 14.9 Å². The second-order valence-electron chi connectivity index (χ2n) is 10.9. The van der Waals surface area contributed by atoms with Crippen molar-refractivity contribution in [1.82, 2.24) is 24.4 Å². The number of amides is 1. The van der Waals surface area contributed by atoms with E-state index in [2.05, 4.69) is 22.6 Å². The maximum Gasteiger partial charge on any atom is 0.355 e. The van der Waals surface area contributed by atoms with Crippen LogP contribution in [0, 0.1) is 31.0 Å². The van der Waals surface area contributed by atoms with Crippen LogP contribution in [0.15, 0.2) is 54.0 Å². The molecule has 0 saturated carbocycles. The zero-order valence-electron chi connectivity index (χ0n) is 24.3. The number of hydrogen-bond donors (Lipinski definition) is 0. The van der Waals surface area contributed by atoms with Gasteiger partial charge in [-0.25, -0.2) is 18.7 Å². The van der Waals surface area contributed by atoms with Crippen molar-refractivity contribution in [3.8, 4) is 23.0 Å². The average molecular weight is 566 g/mol. The number of anilines is 1. The van der Waals surface area contributed by atoms with Crippen molar-refractivity contribution in [3.05, 3.63) is 87.9 Å². The van der Waals surface area contributed by atoms with Gasteiger partial charge < -0.3 is 9.80 Å². The first-order valence-electron chi connectivity index (χ1n) is 13.8. The molecule has 42 heavy (non-hydrogen) atoms. The number of nitrogens with zero attached hydrogens (tertiary/aromatic N) is 7. The second-order valence-corrected chi connectivity index (χ2v) is 10.9. The fourth-order valence-corrected chi connectivity index (χ4v) is 5.56. The smallest absolute Gasteiger partial charge is 0.350 e. The van der Waals surface area contributed by atoms with Gasteiger partial charge in [-0.3, -0.25) is 9.78 Å². The summed E-state index contributed by atoms with van der Waals surface area (Å²) in [5.74, 6) is -0.316. The van der Waals surface area contributed by atoms with Gasteiger partial charge >= 0.3 is 5.69 Å². The number of aryl methyl sites for hydroxylation is 2. The Hall–Kier alpha value is -4.91. The van der Waals surface area contributed by atoms with Crippen molar-refractivity contribution in [1.29, 1.82) is 5.26 Å². The van der Waals surface area contributed by atoms with Gasteiger partial charge in [-0.2, -0.15) is 10.2 Å². The molecule has 0 N–H and O–H groups in total. The number of carbonyl (C=O) groups is 1. The number of piperazine rings is 1. The second kappa shape index (κ2) is 11.2. The molecule has 1 atom stereocenters. The minimum Gasteiger partial charge on any atom is -0.350 e. The number of rotatable bonds is 5. The molecule has 0 spiro atoms. The van der Waals surface area contributed by atoms with Crippen LogP contribution >= 0.6 is 0 Å². The molecule has 3 aromatic heterocycles. The number of nitriles is 1. The number of hydrogen-bond acceptors (Lipinski definition) is 7. The Bertz CT molecular complexity index is 1840. The van der Waals surface area contributed by atoms with Gasteiger partial charge in [0.15, 0.2) is 5.65 Å². The number of pyridine rings is 2. The summed E-state index contributed by atoms with van der Waals surface area (Å²) in [4.78, 5) is 43.9. The van der Waals surface area contributed by atoms with Gasteiger partial charge in [0, 0.05) is 37.4 Å². The third-order valence-corrected chi connectivity index (χ3v) is 7.73. The van der Waals surface area contributed by atoms with Crippen molar-refractivity contribution >= 4 is 22.8 Å². The SMILES string of the molecule is C=CC(=O)N1CCN(c2nc(=O)n(-c3c(C)ccnc3C(C)C)c3nc(-c4cccc(C)c4F)c(C#N)cc23)C(C)C1. The molecule has 1 unspecified atom stereocenters. The lowest BCUT2D eigenvalue weighted by Gasteiger charge is -2.40. The van der Waals surface area contributed by atoms with Crippen LogP contribution in [0.25, 0.3) is 28.0 Å². The normalized spacial score (nSPS) is 15.2. The van der Waals surface area contributed by atoms with E-state index in [4.69, 9.17) is 4.98 Å². The van der Waals surface area contributed by atoms with E-state index in [1.54, 1.807) is 42.3 Å². The molecule has 9 nitrogen and oxygen atoms in total. The fraction of sp³-hybridized carbons (Fsp3) is 0.312. The van der Waals surface area contributed by atoms with Gasteiger partial charge in [-0.05, 0) is 62.1 Å². The van der Waals surface area contributed by atoms with Gasteiger partial charge in [0.1, 0.15) is 17.7 Å². The van der Waals surface area contributed by atoms with Gasteiger partial charge in [-0.1, -0.05) is 32.6 Å². The molecule has 1 fully saturated rings. The molecule has 4 heterocycles. The molecule has 1 aliphatic heterocycles. The first-order valence-corrected chi connectivity index (χ1v) is 13.8. The molecule has 0 bridgehead atoms. The van der Waals surface area contributed by atoms with Crippen LogP contribution in [0.1, 0.15) is 49.1 Å². The summed E-state index contributed by atoms with van der Waals surface area (Å²) in [7, 11) is 0. The molecule has 1 amide bonds. The number of aromatic nitrogens is 4. The van der Waals surface area contributed by atoms with Crippen molar-refractivity contribution in [3.63, 3.8) is 0 Å². The number of carbonyl (C=O) groups excluding carboxylic acids is 1. The first-order chi connectivity index (χ1) is 20.1. The topological polar surface area (TPSA) is 108 Å². The molecule has 10 heteroatoms. The quantitative estimate of drug-likeness (QED) is 0.319. The standard InChI is InChI=1S/C32H32FN7O2/c1-7-25(41)38-13-14-39(21(6)17-38)30-24-15-22(16-34)28(23-10-8-9-19(4)26(23)33)36-31(24)40(32(42)37-30)29-20(5)11-12-35-27(29)18(2)3/h7-12,15,18,21H,1,13-14,17H2,2-6H3. The van der Waals surface area contributed by atoms with Gasteiger partial charge in [-0.15, -0.1) is 0 Å². The predicted octanol–water partition coefficient (Wildman–Crippen LogP) is 4.82. The molecule has 214 valence electrons. The summed E-state index contributed by atoms with van der Waals surface area (Å²) in [6.07, 6.45) is 2.98. The minimum absolute atomic E-state index is 0.0240. The molecule has 5 rings (SSSR count). The van der Waals surface area contributed by atoms with E-state index < -0.39 is 11.5 Å². The third kappa shape index (κ3) is 4.81. The van der Waals surface area contributed by atoms with Crippen molar-refractivity contribution in [2.45, 2.75) is 46.6 Å². The highest BCUT2D eigenvalue weighted by molar-refractivity contribution is 5.93. The van der Waals surface area contributed by atoms with E-state index in [1.807, 2.05) is 38.7 Å². The summed E-state index contributed by atoms with van der Waals surface area (Å²) in [6.45, 7) is 14.3. The maximum atomic E-state index is 15.4. The van der Waals surface area contributed by atoms with E-state index in [1.165, 1.54) is 10.6 Å². The summed E-state index contributed by atoms with van der Waals surface area (Å²) in [5, 5.41) is 10.7. The van der Waals surface area contributed by atoms with Crippen LogP contribution in [0.5, 0.6) is 0 Å². The predicted molar refractivity (Wildman–Crippen MR) is 160 cm³/mol. The van der Waals surface area contributed by atoms with E-state index in [0.29, 0.717) is 47.8 Å². The summed E-state index contributed by atoms with van der Waals surface area (Å²) >= 11 is 0. The molecular formula is C32H32FN7O2. The van der Waals surface area contributed by atoms with Crippen LogP contribution in [0.2, 0.25) is 0 Å². The Balaban J connectivity index is 1.86. The lowest BCUT2D eigenvalue weighted by atomic mass is 10.0. The molecule has 1 saturated heterocycles. The molecule has 1 aliphatic rings.